The van der Waals surface area contributed by atoms with Crippen molar-refractivity contribution in [2.24, 2.45) is 5.41 Å². The van der Waals surface area contributed by atoms with Crippen molar-refractivity contribution in [1.82, 2.24) is 8.01 Å². The summed E-state index contributed by atoms with van der Waals surface area (Å²) in [5.41, 5.74) is 0.732. The molecule has 0 saturated carbocycles. The Balaban J connectivity index is 1.87. The van der Waals surface area contributed by atoms with E-state index in [9.17, 15) is 0 Å². The fraction of sp³-hybridized carbons (Fsp3) is 1.00. The van der Waals surface area contributed by atoms with Gasteiger partial charge in [-0.2, -0.15) is 0 Å². The SMILES string of the molecule is CN1CC2(C1)CN(I)C2. The Morgan fingerprint density at radius 2 is 1.78 bits per heavy atom. The smallest absolute Gasteiger partial charge is 0.0228 e. The number of rotatable bonds is 0. The molecule has 0 aromatic heterocycles. The zero-order chi connectivity index (χ0) is 6.48. The molecule has 0 aromatic rings. The molecule has 0 atom stereocenters. The molecule has 0 amide bonds. The van der Waals surface area contributed by atoms with Gasteiger partial charge in [0.1, 0.15) is 0 Å². The van der Waals surface area contributed by atoms with Crippen molar-refractivity contribution in [2.45, 2.75) is 0 Å². The third kappa shape index (κ3) is 0.897. The molecule has 0 aliphatic carbocycles. The van der Waals surface area contributed by atoms with Gasteiger partial charge in [-0.05, 0) is 7.05 Å². The van der Waals surface area contributed by atoms with E-state index in [-0.39, 0.29) is 0 Å². The summed E-state index contributed by atoms with van der Waals surface area (Å²) in [7, 11) is 2.20. The quantitative estimate of drug-likeness (QED) is 0.450. The molecular weight excluding hydrogens is 227 g/mol. The minimum atomic E-state index is 0.732. The Kier molecular flexibility index (Phi) is 1.29. The molecule has 0 N–H and O–H groups in total. The first-order valence-electron chi connectivity index (χ1n) is 3.30. The summed E-state index contributed by atoms with van der Waals surface area (Å²) in [6.45, 7) is 5.29. The molecule has 2 saturated heterocycles. The predicted molar refractivity (Wildman–Crippen MR) is 45.5 cm³/mol. The number of hydrogen-bond acceptors (Lipinski definition) is 2. The van der Waals surface area contributed by atoms with Crippen LogP contribution in [0, 0.1) is 5.41 Å². The lowest BCUT2D eigenvalue weighted by Gasteiger charge is -2.57. The second-order valence-corrected chi connectivity index (χ2v) is 4.82. The minimum Gasteiger partial charge on any atom is -0.305 e. The molecule has 0 aromatic carbocycles. The summed E-state index contributed by atoms with van der Waals surface area (Å²) >= 11 is 2.40. The first kappa shape index (κ1) is 6.37. The summed E-state index contributed by atoms with van der Waals surface area (Å²) in [5.74, 6) is 0. The summed E-state index contributed by atoms with van der Waals surface area (Å²) in [4.78, 5) is 2.39. The molecule has 2 aliphatic heterocycles. The average molecular weight is 238 g/mol. The topological polar surface area (TPSA) is 6.48 Å². The molecule has 2 heterocycles. The van der Waals surface area contributed by atoms with Crippen LogP contribution in [0.15, 0.2) is 0 Å². The lowest BCUT2D eigenvalue weighted by molar-refractivity contribution is -0.0555. The van der Waals surface area contributed by atoms with Crippen LogP contribution >= 0.6 is 22.9 Å². The van der Waals surface area contributed by atoms with E-state index in [2.05, 4.69) is 37.9 Å². The summed E-state index contributed by atoms with van der Waals surface area (Å²) in [5, 5.41) is 0. The highest BCUT2D eigenvalue weighted by Crippen LogP contribution is 2.40. The lowest BCUT2D eigenvalue weighted by Crippen LogP contribution is -2.68. The highest BCUT2D eigenvalue weighted by molar-refractivity contribution is 14.1. The Hall–Kier alpha value is 0.650. The van der Waals surface area contributed by atoms with Crippen LogP contribution in [-0.2, 0) is 0 Å². The van der Waals surface area contributed by atoms with Crippen molar-refractivity contribution in [3.63, 3.8) is 0 Å². The maximum atomic E-state index is 2.40. The van der Waals surface area contributed by atoms with Crippen molar-refractivity contribution in [3.8, 4) is 0 Å². The number of likely N-dealkylation sites (tertiary alicyclic amines) is 1. The van der Waals surface area contributed by atoms with Crippen molar-refractivity contribution in [1.29, 1.82) is 0 Å². The fourth-order valence-electron chi connectivity index (χ4n) is 1.98. The highest BCUT2D eigenvalue weighted by Gasteiger charge is 2.49. The number of nitrogens with zero attached hydrogens (tertiary/aromatic N) is 2. The number of hydrogen-bond donors (Lipinski definition) is 0. The normalized spacial score (nSPS) is 34.0. The molecule has 0 radical (unpaired) electrons. The maximum Gasteiger partial charge on any atom is 0.0228 e. The second kappa shape index (κ2) is 1.83. The number of halogens is 1. The van der Waals surface area contributed by atoms with Crippen LogP contribution in [0.5, 0.6) is 0 Å². The summed E-state index contributed by atoms with van der Waals surface area (Å²) in [6, 6.07) is 0. The molecule has 2 rings (SSSR count). The van der Waals surface area contributed by atoms with Gasteiger partial charge in [-0.15, -0.1) is 0 Å². The first-order valence-corrected chi connectivity index (χ1v) is 4.26. The van der Waals surface area contributed by atoms with E-state index in [1.165, 1.54) is 26.2 Å². The van der Waals surface area contributed by atoms with E-state index in [0.29, 0.717) is 0 Å². The first-order chi connectivity index (χ1) is 4.20. The molecule has 9 heavy (non-hydrogen) atoms. The third-order valence-electron chi connectivity index (χ3n) is 2.22. The van der Waals surface area contributed by atoms with Crippen LogP contribution in [-0.4, -0.2) is 41.2 Å². The van der Waals surface area contributed by atoms with Crippen LogP contribution in [0.3, 0.4) is 0 Å². The van der Waals surface area contributed by atoms with Gasteiger partial charge in [0, 0.05) is 54.5 Å². The highest BCUT2D eigenvalue weighted by atomic mass is 127. The molecule has 3 heteroatoms. The van der Waals surface area contributed by atoms with Crippen LogP contribution in [0.1, 0.15) is 0 Å². The Morgan fingerprint density at radius 3 is 2.11 bits per heavy atom. The monoisotopic (exact) mass is 238 g/mol. The molecule has 1 spiro atoms. The standard InChI is InChI=1S/C6H11IN2/c1-8-2-6(3-8)4-9(7)5-6/h2-5H2,1H3. The van der Waals surface area contributed by atoms with Crippen LogP contribution in [0.4, 0.5) is 0 Å². The average Bonchev–Trinajstić information content (AvgIpc) is 1.58. The molecule has 52 valence electrons. The molecule has 0 unspecified atom stereocenters. The fourth-order valence-corrected chi connectivity index (χ4v) is 3.43. The van der Waals surface area contributed by atoms with Crippen molar-refractivity contribution in [3.05, 3.63) is 0 Å². The van der Waals surface area contributed by atoms with Gasteiger partial charge >= 0.3 is 0 Å². The van der Waals surface area contributed by atoms with Crippen molar-refractivity contribution in [2.75, 3.05) is 33.2 Å². The maximum absolute atomic E-state index is 2.40. The van der Waals surface area contributed by atoms with E-state index in [1.807, 2.05) is 0 Å². The van der Waals surface area contributed by atoms with Gasteiger partial charge < -0.3 is 4.90 Å². The summed E-state index contributed by atoms with van der Waals surface area (Å²) < 4.78 is 2.37. The van der Waals surface area contributed by atoms with Crippen LogP contribution in [0.2, 0.25) is 0 Å². The van der Waals surface area contributed by atoms with E-state index in [4.69, 9.17) is 0 Å². The van der Waals surface area contributed by atoms with Gasteiger partial charge in [0.05, 0.1) is 0 Å². The van der Waals surface area contributed by atoms with E-state index in [1.54, 1.807) is 0 Å². The lowest BCUT2D eigenvalue weighted by atomic mass is 9.75. The van der Waals surface area contributed by atoms with Gasteiger partial charge in [-0.3, -0.25) is 0 Å². The van der Waals surface area contributed by atoms with Crippen LogP contribution < -0.4 is 0 Å². The predicted octanol–water partition coefficient (Wildman–Crippen LogP) is 0.584. The molecule has 2 fully saturated rings. The second-order valence-electron chi connectivity index (χ2n) is 3.45. The van der Waals surface area contributed by atoms with E-state index in [0.717, 1.165) is 5.41 Å². The van der Waals surface area contributed by atoms with Gasteiger partial charge in [-0.25, -0.2) is 3.11 Å². The minimum absolute atomic E-state index is 0.732. The van der Waals surface area contributed by atoms with Crippen molar-refractivity contribution >= 4 is 22.9 Å². The van der Waals surface area contributed by atoms with E-state index < -0.39 is 0 Å². The molecule has 0 bridgehead atoms. The zero-order valence-corrected chi connectivity index (χ0v) is 7.76. The summed E-state index contributed by atoms with van der Waals surface area (Å²) in [6.07, 6.45) is 0. The Bertz CT molecular complexity index is 106. The zero-order valence-electron chi connectivity index (χ0n) is 5.60. The largest absolute Gasteiger partial charge is 0.305 e. The van der Waals surface area contributed by atoms with Gasteiger partial charge in [0.25, 0.3) is 0 Å². The molecular formula is C6H11IN2. The van der Waals surface area contributed by atoms with Gasteiger partial charge in [-0.1, -0.05) is 0 Å². The van der Waals surface area contributed by atoms with Gasteiger partial charge in [0.2, 0.25) is 0 Å². The third-order valence-corrected chi connectivity index (χ3v) is 2.91. The Labute approximate surface area is 69.7 Å². The van der Waals surface area contributed by atoms with Crippen LogP contribution in [0.25, 0.3) is 0 Å². The van der Waals surface area contributed by atoms with Gasteiger partial charge in [0.15, 0.2) is 0 Å². The van der Waals surface area contributed by atoms with Crippen molar-refractivity contribution < 1.29 is 0 Å². The Morgan fingerprint density at radius 1 is 1.22 bits per heavy atom. The molecule has 2 aliphatic rings. The molecule has 2 nitrogen and oxygen atoms in total. The van der Waals surface area contributed by atoms with E-state index >= 15 is 0 Å².